The van der Waals surface area contributed by atoms with Gasteiger partial charge in [0.2, 0.25) is 0 Å². The molecule has 1 rings (SSSR count). The van der Waals surface area contributed by atoms with Crippen LogP contribution in [0.15, 0.2) is 18.2 Å². The van der Waals surface area contributed by atoms with Crippen molar-refractivity contribution in [2.75, 3.05) is 13.7 Å². The zero-order valence-electron chi connectivity index (χ0n) is 10.5. The van der Waals surface area contributed by atoms with Crippen LogP contribution in [0.25, 0.3) is 0 Å². The van der Waals surface area contributed by atoms with Gasteiger partial charge in [-0.25, -0.2) is 0 Å². The zero-order valence-corrected chi connectivity index (χ0v) is 10.5. The van der Waals surface area contributed by atoms with E-state index in [1.165, 1.54) is 5.56 Å². The van der Waals surface area contributed by atoms with E-state index in [0.717, 1.165) is 24.6 Å². The third kappa shape index (κ3) is 3.74. The molecule has 0 heterocycles. The monoisotopic (exact) mass is 223 g/mol. The Morgan fingerprint density at radius 1 is 1.25 bits per heavy atom. The summed E-state index contributed by atoms with van der Waals surface area (Å²) in [5.41, 5.74) is 1.21. The lowest BCUT2D eigenvalue weighted by Crippen LogP contribution is -2.12. The lowest BCUT2D eigenvalue weighted by molar-refractivity contribution is 0.230. The molecule has 1 aromatic carbocycles. The topological polar surface area (TPSA) is 30.5 Å². The first-order valence-corrected chi connectivity index (χ1v) is 5.71. The van der Waals surface area contributed by atoms with Crippen LogP contribution in [-0.4, -0.2) is 19.8 Å². The highest BCUT2D eigenvalue weighted by Crippen LogP contribution is 2.28. The van der Waals surface area contributed by atoms with Gasteiger partial charge in [0.1, 0.15) is 0 Å². The Kier molecular flexibility index (Phi) is 5.12. The minimum atomic E-state index is 0.156. The summed E-state index contributed by atoms with van der Waals surface area (Å²) < 4.78 is 11.0. The normalized spacial score (nSPS) is 10.6. The average Bonchev–Trinajstić information content (AvgIpc) is 2.26. The van der Waals surface area contributed by atoms with Gasteiger partial charge in [-0.2, -0.15) is 0 Å². The van der Waals surface area contributed by atoms with Crippen LogP contribution >= 0.6 is 0 Å². The second-order valence-electron chi connectivity index (χ2n) is 3.93. The van der Waals surface area contributed by atoms with Gasteiger partial charge in [0.05, 0.1) is 13.2 Å². The van der Waals surface area contributed by atoms with Crippen LogP contribution in [0.3, 0.4) is 0 Å². The third-order valence-electron chi connectivity index (χ3n) is 2.17. The minimum Gasteiger partial charge on any atom is -0.493 e. The quantitative estimate of drug-likeness (QED) is 0.804. The van der Waals surface area contributed by atoms with Crippen molar-refractivity contribution in [2.24, 2.45) is 0 Å². The molecule has 0 aliphatic heterocycles. The van der Waals surface area contributed by atoms with E-state index >= 15 is 0 Å². The van der Waals surface area contributed by atoms with Crippen molar-refractivity contribution >= 4 is 0 Å². The SMILES string of the molecule is CCNCc1ccc(OC)c(OC(C)C)c1. The molecule has 0 aliphatic rings. The Morgan fingerprint density at radius 2 is 2.00 bits per heavy atom. The van der Waals surface area contributed by atoms with Gasteiger partial charge in [0, 0.05) is 6.54 Å². The number of benzene rings is 1. The Balaban J connectivity index is 2.83. The highest BCUT2D eigenvalue weighted by atomic mass is 16.5. The first-order chi connectivity index (χ1) is 7.67. The molecule has 1 N–H and O–H groups in total. The van der Waals surface area contributed by atoms with Crippen molar-refractivity contribution in [3.05, 3.63) is 23.8 Å². The van der Waals surface area contributed by atoms with Gasteiger partial charge in [-0.1, -0.05) is 13.0 Å². The largest absolute Gasteiger partial charge is 0.493 e. The summed E-state index contributed by atoms with van der Waals surface area (Å²) in [7, 11) is 1.66. The number of methoxy groups -OCH3 is 1. The fraction of sp³-hybridized carbons (Fsp3) is 0.538. The molecule has 0 saturated carbocycles. The molecule has 0 aliphatic carbocycles. The van der Waals surface area contributed by atoms with Crippen LogP contribution in [0, 0.1) is 0 Å². The van der Waals surface area contributed by atoms with Crippen molar-refractivity contribution in [3.8, 4) is 11.5 Å². The number of hydrogen-bond donors (Lipinski definition) is 1. The Bertz CT molecular complexity index is 324. The molecule has 90 valence electrons. The highest BCUT2D eigenvalue weighted by molar-refractivity contribution is 5.43. The Labute approximate surface area is 97.8 Å². The van der Waals surface area contributed by atoms with Crippen molar-refractivity contribution in [3.63, 3.8) is 0 Å². The van der Waals surface area contributed by atoms with Crippen molar-refractivity contribution < 1.29 is 9.47 Å². The molecule has 0 bridgehead atoms. The van der Waals surface area contributed by atoms with Crippen LogP contribution in [0.1, 0.15) is 26.3 Å². The third-order valence-corrected chi connectivity index (χ3v) is 2.17. The van der Waals surface area contributed by atoms with Crippen LogP contribution < -0.4 is 14.8 Å². The molecule has 0 radical (unpaired) electrons. The molecule has 0 fully saturated rings. The van der Waals surface area contributed by atoms with E-state index in [-0.39, 0.29) is 6.10 Å². The van der Waals surface area contributed by atoms with Gasteiger partial charge in [-0.15, -0.1) is 0 Å². The lowest BCUT2D eigenvalue weighted by Gasteiger charge is -2.14. The van der Waals surface area contributed by atoms with Gasteiger partial charge in [-0.05, 0) is 38.1 Å². The number of rotatable bonds is 6. The predicted octanol–water partition coefficient (Wildman–Crippen LogP) is 2.59. The van der Waals surface area contributed by atoms with Crippen molar-refractivity contribution in [1.29, 1.82) is 0 Å². The van der Waals surface area contributed by atoms with E-state index in [1.807, 2.05) is 26.0 Å². The number of ether oxygens (including phenoxy) is 2. The average molecular weight is 223 g/mol. The van der Waals surface area contributed by atoms with E-state index in [4.69, 9.17) is 9.47 Å². The summed E-state index contributed by atoms with van der Waals surface area (Å²) in [4.78, 5) is 0. The van der Waals surface area contributed by atoms with Gasteiger partial charge in [-0.3, -0.25) is 0 Å². The fourth-order valence-electron chi connectivity index (χ4n) is 1.45. The highest BCUT2D eigenvalue weighted by Gasteiger charge is 2.07. The smallest absolute Gasteiger partial charge is 0.161 e. The lowest BCUT2D eigenvalue weighted by atomic mass is 10.2. The van der Waals surface area contributed by atoms with E-state index in [9.17, 15) is 0 Å². The standard InChI is InChI=1S/C13H21NO2/c1-5-14-9-11-6-7-12(15-4)13(8-11)16-10(2)3/h6-8,10,14H,5,9H2,1-4H3. The fourth-order valence-corrected chi connectivity index (χ4v) is 1.45. The molecular weight excluding hydrogens is 202 g/mol. The molecule has 16 heavy (non-hydrogen) atoms. The van der Waals surface area contributed by atoms with Gasteiger partial charge in [0.25, 0.3) is 0 Å². The number of hydrogen-bond acceptors (Lipinski definition) is 3. The second kappa shape index (κ2) is 6.38. The van der Waals surface area contributed by atoms with Crippen LogP contribution in [0.5, 0.6) is 11.5 Å². The van der Waals surface area contributed by atoms with Crippen LogP contribution in [0.2, 0.25) is 0 Å². The molecular formula is C13H21NO2. The molecule has 0 saturated heterocycles. The summed E-state index contributed by atoms with van der Waals surface area (Å²) in [6.07, 6.45) is 0.156. The summed E-state index contributed by atoms with van der Waals surface area (Å²) in [6, 6.07) is 6.03. The van der Waals surface area contributed by atoms with E-state index in [0.29, 0.717) is 0 Å². The second-order valence-corrected chi connectivity index (χ2v) is 3.93. The molecule has 0 amide bonds. The Hall–Kier alpha value is -1.22. The van der Waals surface area contributed by atoms with Gasteiger partial charge < -0.3 is 14.8 Å². The molecule has 0 atom stereocenters. The summed E-state index contributed by atoms with van der Waals surface area (Å²) in [6.45, 7) is 7.93. The van der Waals surface area contributed by atoms with Gasteiger partial charge >= 0.3 is 0 Å². The predicted molar refractivity (Wildman–Crippen MR) is 66.1 cm³/mol. The molecule has 0 aromatic heterocycles. The minimum absolute atomic E-state index is 0.156. The van der Waals surface area contributed by atoms with Crippen LogP contribution in [0.4, 0.5) is 0 Å². The first kappa shape index (κ1) is 12.8. The maximum Gasteiger partial charge on any atom is 0.161 e. The maximum absolute atomic E-state index is 5.70. The number of nitrogens with one attached hydrogen (secondary N) is 1. The maximum atomic E-state index is 5.70. The Morgan fingerprint density at radius 3 is 2.56 bits per heavy atom. The molecule has 1 aromatic rings. The molecule has 3 nitrogen and oxygen atoms in total. The first-order valence-electron chi connectivity index (χ1n) is 5.71. The van der Waals surface area contributed by atoms with E-state index in [2.05, 4.69) is 18.3 Å². The molecule has 0 spiro atoms. The summed E-state index contributed by atoms with van der Waals surface area (Å²) in [5.74, 6) is 1.60. The molecule has 3 heteroatoms. The van der Waals surface area contributed by atoms with E-state index in [1.54, 1.807) is 7.11 Å². The summed E-state index contributed by atoms with van der Waals surface area (Å²) in [5, 5.41) is 3.29. The van der Waals surface area contributed by atoms with Gasteiger partial charge in [0.15, 0.2) is 11.5 Å². The van der Waals surface area contributed by atoms with Crippen molar-refractivity contribution in [2.45, 2.75) is 33.4 Å². The van der Waals surface area contributed by atoms with Crippen LogP contribution in [-0.2, 0) is 6.54 Å². The van der Waals surface area contributed by atoms with E-state index < -0.39 is 0 Å². The summed E-state index contributed by atoms with van der Waals surface area (Å²) >= 11 is 0. The molecule has 0 unspecified atom stereocenters. The van der Waals surface area contributed by atoms with Crippen molar-refractivity contribution in [1.82, 2.24) is 5.32 Å². The zero-order chi connectivity index (χ0) is 12.0.